The second-order valence-electron chi connectivity index (χ2n) is 13.5. The van der Waals surface area contributed by atoms with Gasteiger partial charge in [0.25, 0.3) is 0 Å². The third-order valence-corrected chi connectivity index (χ3v) is 10.4. The van der Waals surface area contributed by atoms with Gasteiger partial charge >= 0.3 is 0 Å². The van der Waals surface area contributed by atoms with Crippen LogP contribution in [0.5, 0.6) is 23.0 Å². The van der Waals surface area contributed by atoms with Crippen LogP contribution in [0.1, 0.15) is 128 Å². The quantitative estimate of drug-likeness (QED) is 0.252. The predicted molar refractivity (Wildman–Crippen MR) is 171 cm³/mol. The third kappa shape index (κ3) is 6.19. The summed E-state index contributed by atoms with van der Waals surface area (Å²) >= 11 is 0. The van der Waals surface area contributed by atoms with Crippen molar-refractivity contribution in [2.75, 3.05) is 0 Å². The van der Waals surface area contributed by atoms with E-state index in [4.69, 9.17) is 18.9 Å². The Morgan fingerprint density at radius 3 is 1.26 bits per heavy atom. The van der Waals surface area contributed by atoms with Gasteiger partial charge in [0.2, 0.25) is 0 Å². The number of benzene rings is 3. The molecule has 4 fully saturated rings. The normalized spacial score (nSPS) is 21.9. The summed E-state index contributed by atoms with van der Waals surface area (Å²) < 4.78 is 28.1. The number of ether oxygens (including phenoxy) is 4. The van der Waals surface area contributed by atoms with Crippen molar-refractivity contribution >= 4 is 21.5 Å². The first-order valence-corrected chi connectivity index (χ1v) is 17.5. The van der Waals surface area contributed by atoms with Gasteiger partial charge in [-0.1, -0.05) is 49.9 Å². The van der Waals surface area contributed by atoms with Crippen LogP contribution < -0.4 is 18.9 Å². The molecule has 0 N–H and O–H groups in total. The molecule has 0 radical (unpaired) electrons. The van der Waals surface area contributed by atoms with Crippen LogP contribution in [0.2, 0.25) is 0 Å². The van der Waals surface area contributed by atoms with E-state index in [0.29, 0.717) is 0 Å². The van der Waals surface area contributed by atoms with Crippen molar-refractivity contribution in [1.82, 2.24) is 0 Å². The summed E-state index contributed by atoms with van der Waals surface area (Å²) in [4.78, 5) is 0. The summed E-state index contributed by atoms with van der Waals surface area (Å²) in [5, 5.41) is 4.49. The molecule has 0 atom stereocenters. The Bertz CT molecular complexity index is 1320. The fourth-order valence-corrected chi connectivity index (χ4v) is 8.01. The van der Waals surface area contributed by atoms with Crippen LogP contribution in [0, 0.1) is 0 Å². The second kappa shape index (κ2) is 13.3. The first-order chi connectivity index (χ1) is 20.8. The van der Waals surface area contributed by atoms with Gasteiger partial charge < -0.3 is 18.9 Å². The standard InChI is InChI=1S/C38H50O4/c1-5-15-27(16-6-1)39-34-26-25-33-35(38(34)42-30-21-11-4-12-22-30)37(41-29-19-9-3-10-20-29)32-24-14-13-23-31(32)36(33)40-28-17-7-2-8-18-28/h13-14,23-30H,1-12,15-22H2. The van der Waals surface area contributed by atoms with Crippen molar-refractivity contribution in [2.45, 2.75) is 153 Å². The van der Waals surface area contributed by atoms with E-state index in [1.54, 1.807) is 0 Å². The predicted octanol–water partition coefficient (Wildman–Crippen LogP) is 10.8. The van der Waals surface area contributed by atoms with E-state index < -0.39 is 0 Å². The number of fused-ring (bicyclic) bond motifs is 2. The van der Waals surface area contributed by atoms with E-state index >= 15 is 0 Å². The Morgan fingerprint density at radius 1 is 0.357 bits per heavy atom. The molecule has 7 rings (SSSR count). The summed E-state index contributed by atoms with van der Waals surface area (Å²) in [5.74, 6) is 3.77. The molecule has 4 saturated carbocycles. The van der Waals surface area contributed by atoms with E-state index in [2.05, 4.69) is 36.4 Å². The monoisotopic (exact) mass is 570 g/mol. The van der Waals surface area contributed by atoms with Crippen LogP contribution in [-0.4, -0.2) is 24.4 Å². The largest absolute Gasteiger partial charge is 0.489 e. The van der Waals surface area contributed by atoms with Gasteiger partial charge in [-0.25, -0.2) is 0 Å². The van der Waals surface area contributed by atoms with Gasteiger partial charge in [-0.15, -0.1) is 0 Å². The van der Waals surface area contributed by atoms with Crippen molar-refractivity contribution in [3.63, 3.8) is 0 Å². The molecule has 0 aromatic heterocycles. The second-order valence-corrected chi connectivity index (χ2v) is 13.5. The first kappa shape index (κ1) is 28.2. The lowest BCUT2D eigenvalue weighted by Gasteiger charge is -2.31. The highest BCUT2D eigenvalue weighted by atomic mass is 16.5. The third-order valence-electron chi connectivity index (χ3n) is 10.4. The molecular formula is C38H50O4. The Morgan fingerprint density at radius 2 is 0.762 bits per heavy atom. The molecule has 0 bridgehead atoms. The molecule has 226 valence electrons. The fraction of sp³-hybridized carbons (Fsp3) is 0.632. The highest BCUT2D eigenvalue weighted by Gasteiger charge is 2.29. The molecule has 3 aromatic carbocycles. The molecule has 0 aliphatic heterocycles. The molecule has 0 unspecified atom stereocenters. The van der Waals surface area contributed by atoms with Crippen molar-refractivity contribution in [1.29, 1.82) is 0 Å². The van der Waals surface area contributed by atoms with E-state index in [-0.39, 0.29) is 24.4 Å². The van der Waals surface area contributed by atoms with Crippen molar-refractivity contribution < 1.29 is 18.9 Å². The Balaban J connectivity index is 1.42. The zero-order chi connectivity index (χ0) is 28.1. The molecule has 4 aliphatic carbocycles. The van der Waals surface area contributed by atoms with E-state index in [1.807, 2.05) is 0 Å². The van der Waals surface area contributed by atoms with Crippen LogP contribution in [0.15, 0.2) is 36.4 Å². The van der Waals surface area contributed by atoms with Gasteiger partial charge in [0, 0.05) is 16.2 Å². The summed E-state index contributed by atoms with van der Waals surface area (Å²) in [6.45, 7) is 0. The molecule has 3 aromatic rings. The van der Waals surface area contributed by atoms with Crippen LogP contribution >= 0.6 is 0 Å². The zero-order valence-electron chi connectivity index (χ0n) is 25.5. The van der Waals surface area contributed by atoms with Gasteiger partial charge in [-0.05, 0) is 115 Å². The lowest BCUT2D eigenvalue weighted by molar-refractivity contribution is 0.124. The highest BCUT2D eigenvalue weighted by Crippen LogP contribution is 2.52. The molecule has 4 heteroatoms. The maximum absolute atomic E-state index is 7.11. The SMILES string of the molecule is c1ccc2c(OC3CCCCC3)c3c(OC4CCCCC4)c(OC4CCCCC4)ccc3c(OC3CCCCC3)c2c1. The van der Waals surface area contributed by atoms with Gasteiger partial charge in [0.1, 0.15) is 11.5 Å². The Hall–Kier alpha value is -2.62. The lowest BCUT2D eigenvalue weighted by atomic mass is 9.95. The van der Waals surface area contributed by atoms with Crippen molar-refractivity contribution in [3.05, 3.63) is 36.4 Å². The van der Waals surface area contributed by atoms with E-state index in [9.17, 15) is 0 Å². The average molecular weight is 571 g/mol. The van der Waals surface area contributed by atoms with Crippen LogP contribution in [0.25, 0.3) is 21.5 Å². The summed E-state index contributed by atoms with van der Waals surface area (Å²) in [7, 11) is 0. The van der Waals surface area contributed by atoms with Crippen LogP contribution in [-0.2, 0) is 0 Å². The summed E-state index contributed by atoms with van der Waals surface area (Å²) in [5.41, 5.74) is 0. The average Bonchev–Trinajstić information content (AvgIpc) is 3.05. The van der Waals surface area contributed by atoms with Crippen molar-refractivity contribution in [3.8, 4) is 23.0 Å². The molecule has 4 nitrogen and oxygen atoms in total. The van der Waals surface area contributed by atoms with Crippen molar-refractivity contribution in [2.24, 2.45) is 0 Å². The summed E-state index contributed by atoms with van der Waals surface area (Å²) in [6, 6.07) is 13.2. The Labute approximate surface area is 252 Å². The van der Waals surface area contributed by atoms with Gasteiger partial charge in [0.15, 0.2) is 11.5 Å². The molecule has 42 heavy (non-hydrogen) atoms. The Kier molecular flexibility index (Phi) is 8.95. The minimum absolute atomic E-state index is 0.217. The maximum atomic E-state index is 7.11. The van der Waals surface area contributed by atoms with E-state index in [1.165, 1.54) is 77.0 Å². The number of hydrogen-bond donors (Lipinski definition) is 0. The summed E-state index contributed by atoms with van der Waals surface area (Å²) in [6.07, 6.45) is 25.1. The topological polar surface area (TPSA) is 36.9 Å². The molecule has 0 amide bonds. The molecule has 0 spiro atoms. The molecular weight excluding hydrogens is 520 g/mol. The minimum Gasteiger partial charge on any atom is -0.489 e. The zero-order valence-corrected chi connectivity index (χ0v) is 25.5. The molecule has 0 saturated heterocycles. The minimum atomic E-state index is 0.217. The fourth-order valence-electron chi connectivity index (χ4n) is 8.01. The van der Waals surface area contributed by atoms with Gasteiger partial charge in [-0.2, -0.15) is 0 Å². The number of rotatable bonds is 8. The van der Waals surface area contributed by atoms with E-state index in [0.717, 1.165) is 95.9 Å². The highest BCUT2D eigenvalue weighted by molar-refractivity contribution is 6.14. The molecule has 0 heterocycles. The number of hydrogen-bond acceptors (Lipinski definition) is 4. The lowest BCUT2D eigenvalue weighted by Crippen LogP contribution is -2.23. The van der Waals surface area contributed by atoms with Gasteiger partial charge in [-0.3, -0.25) is 0 Å². The van der Waals surface area contributed by atoms with Crippen LogP contribution in [0.3, 0.4) is 0 Å². The maximum Gasteiger partial charge on any atom is 0.173 e. The van der Waals surface area contributed by atoms with Gasteiger partial charge in [0.05, 0.1) is 29.8 Å². The first-order valence-electron chi connectivity index (χ1n) is 17.5. The molecule has 4 aliphatic rings. The smallest absolute Gasteiger partial charge is 0.173 e. The van der Waals surface area contributed by atoms with Crippen LogP contribution in [0.4, 0.5) is 0 Å².